The summed E-state index contributed by atoms with van der Waals surface area (Å²) in [6, 6.07) is 8.07. The van der Waals surface area contributed by atoms with Gasteiger partial charge in [-0.1, -0.05) is 25.1 Å². The molecule has 0 fully saturated rings. The second kappa shape index (κ2) is 6.86. The molecule has 0 bridgehead atoms. The predicted octanol–water partition coefficient (Wildman–Crippen LogP) is 3.11. The Kier molecular flexibility index (Phi) is 5.08. The Labute approximate surface area is 136 Å². The van der Waals surface area contributed by atoms with Crippen molar-refractivity contribution in [2.24, 2.45) is 5.92 Å². The summed E-state index contributed by atoms with van der Waals surface area (Å²) in [4.78, 5) is 26.0. The molecule has 0 aliphatic heterocycles. The molecule has 1 heterocycles. The van der Waals surface area contributed by atoms with Crippen molar-refractivity contribution in [2.75, 3.05) is 0 Å². The second-order valence-electron chi connectivity index (χ2n) is 6.88. The Morgan fingerprint density at radius 3 is 2.65 bits per heavy atom. The van der Waals surface area contributed by atoms with Gasteiger partial charge in [-0.25, -0.2) is 0 Å². The van der Waals surface area contributed by atoms with Gasteiger partial charge in [0.1, 0.15) is 0 Å². The summed E-state index contributed by atoms with van der Waals surface area (Å²) in [5.41, 5.74) is 1.84. The van der Waals surface area contributed by atoms with E-state index in [0.29, 0.717) is 6.42 Å². The molecule has 3 N–H and O–H groups in total. The van der Waals surface area contributed by atoms with Crippen LogP contribution in [-0.2, 0) is 16.0 Å². The van der Waals surface area contributed by atoms with Crippen LogP contribution in [-0.4, -0.2) is 27.5 Å². The lowest BCUT2D eigenvalue weighted by Gasteiger charge is -2.27. The number of aliphatic carboxylic acids is 1. The van der Waals surface area contributed by atoms with Gasteiger partial charge in [-0.3, -0.25) is 9.59 Å². The zero-order chi connectivity index (χ0) is 17.0. The highest BCUT2D eigenvalue weighted by Crippen LogP contribution is 2.22. The van der Waals surface area contributed by atoms with Gasteiger partial charge in [0.05, 0.1) is 0 Å². The monoisotopic (exact) mass is 316 g/mol. The first-order valence-corrected chi connectivity index (χ1v) is 7.84. The summed E-state index contributed by atoms with van der Waals surface area (Å²) in [7, 11) is 0. The number of carboxylic acid groups (broad SMARTS) is 1. The molecule has 1 unspecified atom stereocenters. The third-order valence-electron chi connectivity index (χ3n) is 3.84. The first kappa shape index (κ1) is 17.1. The van der Waals surface area contributed by atoms with E-state index in [1.165, 1.54) is 0 Å². The van der Waals surface area contributed by atoms with Crippen LogP contribution >= 0.6 is 0 Å². The van der Waals surface area contributed by atoms with Gasteiger partial charge >= 0.3 is 5.97 Å². The molecule has 1 amide bonds. The second-order valence-corrected chi connectivity index (χ2v) is 6.88. The van der Waals surface area contributed by atoms with E-state index in [-0.39, 0.29) is 24.7 Å². The number of H-pyrrole nitrogens is 1. The predicted molar refractivity (Wildman–Crippen MR) is 90.3 cm³/mol. The molecular formula is C18H24N2O3. The maximum atomic E-state index is 12.1. The summed E-state index contributed by atoms with van der Waals surface area (Å²) >= 11 is 0. The number of amides is 1. The molecule has 2 aromatic rings. The molecule has 0 aliphatic carbocycles. The van der Waals surface area contributed by atoms with Gasteiger partial charge in [0.2, 0.25) is 5.91 Å². The SMILES string of the molecule is CC(CC(=O)O)CC(=O)NC(C)(C)Cc1c[nH]c2ccccc12. The van der Waals surface area contributed by atoms with Gasteiger partial charge in [0, 0.05) is 35.5 Å². The Morgan fingerprint density at radius 1 is 1.26 bits per heavy atom. The highest BCUT2D eigenvalue weighted by molar-refractivity contribution is 5.83. The molecule has 0 saturated carbocycles. The maximum absolute atomic E-state index is 12.1. The molecule has 0 radical (unpaired) electrons. The topological polar surface area (TPSA) is 82.2 Å². The van der Waals surface area contributed by atoms with Crippen LogP contribution in [0.25, 0.3) is 10.9 Å². The minimum absolute atomic E-state index is 0.0102. The number of aromatic nitrogens is 1. The number of hydrogen-bond donors (Lipinski definition) is 3. The van der Waals surface area contributed by atoms with Gasteiger partial charge < -0.3 is 15.4 Å². The highest BCUT2D eigenvalue weighted by Gasteiger charge is 2.23. The van der Waals surface area contributed by atoms with E-state index >= 15 is 0 Å². The zero-order valence-corrected chi connectivity index (χ0v) is 13.8. The molecule has 23 heavy (non-hydrogen) atoms. The van der Waals surface area contributed by atoms with Crippen LogP contribution in [0.5, 0.6) is 0 Å². The number of carbonyl (C=O) groups excluding carboxylic acids is 1. The Hall–Kier alpha value is -2.30. The largest absolute Gasteiger partial charge is 0.481 e. The molecule has 0 saturated heterocycles. The van der Waals surface area contributed by atoms with Crippen LogP contribution in [0.2, 0.25) is 0 Å². The van der Waals surface area contributed by atoms with E-state index in [9.17, 15) is 9.59 Å². The first-order chi connectivity index (χ1) is 10.8. The molecular weight excluding hydrogens is 292 g/mol. The Bertz CT molecular complexity index is 703. The summed E-state index contributed by atoms with van der Waals surface area (Å²) < 4.78 is 0. The number of rotatable bonds is 7. The van der Waals surface area contributed by atoms with E-state index in [1.54, 1.807) is 6.92 Å². The van der Waals surface area contributed by atoms with E-state index < -0.39 is 11.5 Å². The molecule has 0 aliphatic rings. The minimum atomic E-state index is -0.872. The lowest BCUT2D eigenvalue weighted by Crippen LogP contribution is -2.45. The molecule has 2 rings (SSSR count). The Balaban J connectivity index is 1.98. The number of para-hydroxylation sites is 1. The molecule has 5 heteroatoms. The minimum Gasteiger partial charge on any atom is -0.481 e. The zero-order valence-electron chi connectivity index (χ0n) is 13.8. The van der Waals surface area contributed by atoms with E-state index in [1.807, 2.05) is 38.2 Å². The number of fused-ring (bicyclic) bond motifs is 1. The van der Waals surface area contributed by atoms with Gasteiger partial charge in [-0.2, -0.15) is 0 Å². The summed E-state index contributed by atoms with van der Waals surface area (Å²) in [6.07, 6.45) is 2.92. The maximum Gasteiger partial charge on any atom is 0.303 e. The smallest absolute Gasteiger partial charge is 0.303 e. The molecule has 1 aromatic carbocycles. The number of nitrogens with one attached hydrogen (secondary N) is 2. The highest BCUT2D eigenvalue weighted by atomic mass is 16.4. The molecule has 5 nitrogen and oxygen atoms in total. The fraction of sp³-hybridized carbons (Fsp3) is 0.444. The van der Waals surface area contributed by atoms with E-state index in [0.717, 1.165) is 16.5 Å². The van der Waals surface area contributed by atoms with Crippen molar-refractivity contribution in [1.29, 1.82) is 0 Å². The fourth-order valence-corrected chi connectivity index (χ4v) is 2.91. The quantitative estimate of drug-likeness (QED) is 0.734. The van der Waals surface area contributed by atoms with Gasteiger partial charge in [0.15, 0.2) is 0 Å². The van der Waals surface area contributed by atoms with Crippen LogP contribution in [0.4, 0.5) is 0 Å². The fourth-order valence-electron chi connectivity index (χ4n) is 2.91. The number of hydrogen-bond acceptors (Lipinski definition) is 2. The summed E-state index contributed by atoms with van der Waals surface area (Å²) in [5.74, 6) is -1.15. The summed E-state index contributed by atoms with van der Waals surface area (Å²) in [6.45, 7) is 5.74. The lowest BCUT2D eigenvalue weighted by atomic mass is 9.93. The summed E-state index contributed by atoms with van der Waals surface area (Å²) in [5, 5.41) is 12.9. The Morgan fingerprint density at radius 2 is 1.96 bits per heavy atom. The standard InChI is InChI=1S/C18H24N2O3/c1-12(9-17(22)23)8-16(21)20-18(2,3)10-13-11-19-15-7-5-4-6-14(13)15/h4-7,11-12,19H,8-10H2,1-3H3,(H,20,21)(H,22,23). The number of carboxylic acids is 1. The van der Waals surface area contributed by atoms with Gasteiger partial charge in [-0.15, -0.1) is 0 Å². The van der Waals surface area contributed by atoms with Gasteiger partial charge in [-0.05, 0) is 37.8 Å². The van der Waals surface area contributed by atoms with Crippen LogP contribution in [0, 0.1) is 5.92 Å². The average molecular weight is 316 g/mol. The van der Waals surface area contributed by atoms with Crippen molar-refractivity contribution in [3.63, 3.8) is 0 Å². The molecule has 1 atom stereocenters. The first-order valence-electron chi connectivity index (χ1n) is 7.84. The van der Waals surface area contributed by atoms with Crippen molar-refractivity contribution < 1.29 is 14.7 Å². The average Bonchev–Trinajstić information content (AvgIpc) is 2.79. The van der Waals surface area contributed by atoms with Gasteiger partial charge in [0.25, 0.3) is 0 Å². The van der Waals surface area contributed by atoms with Crippen molar-refractivity contribution in [3.8, 4) is 0 Å². The van der Waals surface area contributed by atoms with E-state index in [2.05, 4.69) is 16.4 Å². The molecule has 0 spiro atoms. The van der Waals surface area contributed by atoms with Crippen LogP contribution < -0.4 is 5.32 Å². The van der Waals surface area contributed by atoms with Crippen molar-refractivity contribution in [1.82, 2.24) is 10.3 Å². The number of aromatic amines is 1. The van der Waals surface area contributed by atoms with Crippen LogP contribution in [0.15, 0.2) is 30.5 Å². The third-order valence-corrected chi connectivity index (χ3v) is 3.84. The van der Waals surface area contributed by atoms with E-state index in [4.69, 9.17) is 5.11 Å². The molecule has 1 aromatic heterocycles. The lowest BCUT2D eigenvalue weighted by molar-refractivity contribution is -0.138. The normalized spacial score (nSPS) is 13.0. The molecule has 124 valence electrons. The third kappa shape index (κ3) is 4.84. The van der Waals surface area contributed by atoms with Crippen molar-refractivity contribution in [2.45, 2.75) is 45.6 Å². The number of carbonyl (C=O) groups is 2. The number of benzene rings is 1. The van der Waals surface area contributed by atoms with Crippen molar-refractivity contribution in [3.05, 3.63) is 36.0 Å². The van der Waals surface area contributed by atoms with Crippen molar-refractivity contribution >= 4 is 22.8 Å². The van der Waals surface area contributed by atoms with Crippen LogP contribution in [0.3, 0.4) is 0 Å². The van der Waals surface area contributed by atoms with Crippen LogP contribution in [0.1, 0.15) is 39.2 Å².